The van der Waals surface area contributed by atoms with Crippen LogP contribution in [0.3, 0.4) is 0 Å². The summed E-state index contributed by atoms with van der Waals surface area (Å²) in [6.45, 7) is 0. The summed E-state index contributed by atoms with van der Waals surface area (Å²) >= 11 is 10.4. The Bertz CT molecular complexity index is 690. The SMILES string of the molecule is COC(=O)Cc1csc(NC(=O)c2ccc(Br)c(Cl)c2)n1. The molecule has 1 amide bonds. The highest BCUT2D eigenvalue weighted by Gasteiger charge is 2.12. The molecule has 1 heterocycles. The van der Waals surface area contributed by atoms with Crippen molar-refractivity contribution in [3.05, 3.63) is 44.3 Å². The molecule has 0 aliphatic heterocycles. The fourth-order valence-corrected chi connectivity index (χ4v) is 2.60. The summed E-state index contributed by atoms with van der Waals surface area (Å²) in [5.74, 6) is -0.693. The smallest absolute Gasteiger partial charge is 0.311 e. The Hall–Kier alpha value is -1.44. The summed E-state index contributed by atoms with van der Waals surface area (Å²) in [6.07, 6.45) is 0.0764. The second-order valence-corrected chi connectivity index (χ2v) is 6.10. The van der Waals surface area contributed by atoms with Crippen LogP contribution in [0.2, 0.25) is 5.02 Å². The highest BCUT2D eigenvalue weighted by Crippen LogP contribution is 2.24. The third-order valence-corrected chi connectivity index (χ3v) is 4.55. The lowest BCUT2D eigenvalue weighted by molar-refractivity contribution is -0.139. The lowest BCUT2D eigenvalue weighted by Crippen LogP contribution is -2.12. The molecule has 2 rings (SSSR count). The number of halogens is 2. The zero-order valence-corrected chi connectivity index (χ0v) is 14.0. The largest absolute Gasteiger partial charge is 0.469 e. The number of carbonyl (C=O) groups is 2. The van der Waals surface area contributed by atoms with Crippen LogP contribution in [0.1, 0.15) is 16.1 Å². The predicted octanol–water partition coefficient (Wildman–Crippen LogP) is 3.53. The van der Waals surface area contributed by atoms with Gasteiger partial charge in [-0.25, -0.2) is 4.98 Å². The average Bonchev–Trinajstić information content (AvgIpc) is 2.88. The Morgan fingerprint density at radius 3 is 2.90 bits per heavy atom. The number of benzene rings is 1. The van der Waals surface area contributed by atoms with Crippen LogP contribution in [0.15, 0.2) is 28.1 Å². The number of nitrogens with one attached hydrogen (secondary N) is 1. The fourth-order valence-electron chi connectivity index (χ4n) is 1.47. The van der Waals surface area contributed by atoms with E-state index in [1.165, 1.54) is 18.4 Å². The third-order valence-electron chi connectivity index (χ3n) is 2.51. The molecule has 1 aromatic heterocycles. The number of carbonyl (C=O) groups excluding carboxylic acids is 2. The first-order valence-electron chi connectivity index (χ1n) is 5.77. The molecule has 1 N–H and O–H groups in total. The van der Waals surface area contributed by atoms with Crippen LogP contribution in [0.25, 0.3) is 0 Å². The van der Waals surface area contributed by atoms with Crippen molar-refractivity contribution in [1.29, 1.82) is 0 Å². The number of esters is 1. The highest BCUT2D eigenvalue weighted by atomic mass is 79.9. The summed E-state index contributed by atoms with van der Waals surface area (Å²) < 4.78 is 5.28. The van der Waals surface area contributed by atoms with Crippen molar-refractivity contribution in [1.82, 2.24) is 4.98 Å². The van der Waals surface area contributed by atoms with Gasteiger partial charge < -0.3 is 4.74 Å². The highest BCUT2D eigenvalue weighted by molar-refractivity contribution is 9.10. The summed E-state index contributed by atoms with van der Waals surface area (Å²) in [5.41, 5.74) is 0.976. The van der Waals surface area contributed by atoms with Gasteiger partial charge in [0.2, 0.25) is 0 Å². The minimum Gasteiger partial charge on any atom is -0.469 e. The van der Waals surface area contributed by atoms with Crippen LogP contribution in [0, 0.1) is 0 Å². The molecule has 110 valence electrons. The van der Waals surface area contributed by atoms with E-state index in [1.807, 2.05) is 0 Å². The molecule has 0 spiro atoms. The van der Waals surface area contributed by atoms with Gasteiger partial charge in [-0.15, -0.1) is 11.3 Å². The number of hydrogen-bond acceptors (Lipinski definition) is 5. The maximum absolute atomic E-state index is 12.1. The van der Waals surface area contributed by atoms with Gasteiger partial charge in [0.05, 0.1) is 24.2 Å². The van der Waals surface area contributed by atoms with Gasteiger partial charge in [0.25, 0.3) is 5.91 Å². The van der Waals surface area contributed by atoms with E-state index < -0.39 is 0 Å². The van der Waals surface area contributed by atoms with Crippen LogP contribution < -0.4 is 5.32 Å². The Morgan fingerprint density at radius 1 is 1.48 bits per heavy atom. The molecule has 5 nitrogen and oxygen atoms in total. The van der Waals surface area contributed by atoms with Crippen molar-refractivity contribution >= 4 is 55.9 Å². The van der Waals surface area contributed by atoms with Gasteiger partial charge in [-0.2, -0.15) is 0 Å². The molecule has 21 heavy (non-hydrogen) atoms. The topological polar surface area (TPSA) is 68.3 Å². The number of rotatable bonds is 4. The van der Waals surface area contributed by atoms with Gasteiger partial charge in [-0.05, 0) is 34.1 Å². The van der Waals surface area contributed by atoms with Crippen molar-refractivity contribution in [3.63, 3.8) is 0 Å². The van der Waals surface area contributed by atoms with E-state index in [4.69, 9.17) is 11.6 Å². The van der Waals surface area contributed by atoms with Crippen LogP contribution in [-0.4, -0.2) is 24.0 Å². The second-order valence-electron chi connectivity index (χ2n) is 3.98. The molecular weight excluding hydrogens is 380 g/mol. The summed E-state index contributed by atoms with van der Waals surface area (Å²) in [5, 5.41) is 5.22. The Kier molecular flexibility index (Phi) is 5.33. The fraction of sp³-hybridized carbons (Fsp3) is 0.154. The summed E-state index contributed by atoms with van der Waals surface area (Å²) in [4.78, 5) is 27.3. The first kappa shape index (κ1) is 15.9. The standard InChI is InChI=1S/C13H10BrClN2O3S/c1-20-11(18)5-8-6-21-13(16-8)17-12(19)7-2-3-9(14)10(15)4-7/h2-4,6H,5H2,1H3,(H,16,17,19). The molecule has 0 aliphatic carbocycles. The van der Waals surface area contributed by atoms with Gasteiger partial charge in [0.1, 0.15) is 0 Å². The molecule has 0 saturated carbocycles. The first-order valence-corrected chi connectivity index (χ1v) is 7.82. The van der Waals surface area contributed by atoms with Crippen LogP contribution in [-0.2, 0) is 16.0 Å². The summed E-state index contributed by atoms with van der Waals surface area (Å²) in [6, 6.07) is 4.90. The van der Waals surface area contributed by atoms with Gasteiger partial charge in [0, 0.05) is 15.4 Å². The number of nitrogens with zero attached hydrogens (tertiary/aromatic N) is 1. The lowest BCUT2D eigenvalue weighted by Gasteiger charge is -2.03. The number of thiazole rings is 1. The number of aromatic nitrogens is 1. The van der Waals surface area contributed by atoms with Gasteiger partial charge in [0.15, 0.2) is 5.13 Å². The van der Waals surface area contributed by atoms with Crippen LogP contribution in [0.4, 0.5) is 5.13 Å². The Morgan fingerprint density at radius 2 is 2.24 bits per heavy atom. The normalized spacial score (nSPS) is 10.2. The number of hydrogen-bond donors (Lipinski definition) is 1. The molecule has 0 fully saturated rings. The Balaban J connectivity index is 2.05. The minimum atomic E-state index is -0.377. The number of methoxy groups -OCH3 is 1. The first-order chi connectivity index (χ1) is 9.99. The predicted molar refractivity (Wildman–Crippen MR) is 84.9 cm³/mol. The van der Waals surface area contributed by atoms with E-state index in [2.05, 4.69) is 31.0 Å². The van der Waals surface area contributed by atoms with Crippen molar-refractivity contribution < 1.29 is 14.3 Å². The second kappa shape index (κ2) is 7.02. The van der Waals surface area contributed by atoms with Gasteiger partial charge >= 0.3 is 5.97 Å². The zero-order chi connectivity index (χ0) is 15.4. The monoisotopic (exact) mass is 388 g/mol. The molecule has 1 aromatic carbocycles. The van der Waals surface area contributed by atoms with Crippen molar-refractivity contribution in [2.75, 3.05) is 12.4 Å². The number of amides is 1. The molecule has 2 aromatic rings. The Labute approximate surface area is 138 Å². The van der Waals surface area contributed by atoms with Crippen LogP contribution >= 0.6 is 38.9 Å². The molecule has 0 atom stereocenters. The number of ether oxygens (including phenoxy) is 1. The maximum atomic E-state index is 12.1. The third kappa shape index (κ3) is 4.26. The van der Waals surface area contributed by atoms with Gasteiger partial charge in [-0.1, -0.05) is 11.6 Å². The molecule has 0 aliphatic rings. The molecule has 0 bridgehead atoms. The van der Waals surface area contributed by atoms with E-state index >= 15 is 0 Å². The molecule has 8 heteroatoms. The van der Waals surface area contributed by atoms with E-state index in [-0.39, 0.29) is 18.3 Å². The van der Waals surface area contributed by atoms with Crippen molar-refractivity contribution in [2.45, 2.75) is 6.42 Å². The van der Waals surface area contributed by atoms with E-state index in [1.54, 1.807) is 23.6 Å². The lowest BCUT2D eigenvalue weighted by atomic mass is 10.2. The molecule has 0 saturated heterocycles. The summed E-state index contributed by atoms with van der Waals surface area (Å²) in [7, 11) is 1.31. The maximum Gasteiger partial charge on any atom is 0.311 e. The molecule has 0 unspecified atom stereocenters. The average molecular weight is 390 g/mol. The van der Waals surface area contributed by atoms with Crippen molar-refractivity contribution in [2.24, 2.45) is 0 Å². The zero-order valence-electron chi connectivity index (χ0n) is 10.9. The van der Waals surface area contributed by atoms with Gasteiger partial charge in [-0.3, -0.25) is 14.9 Å². The van der Waals surface area contributed by atoms with Crippen molar-refractivity contribution in [3.8, 4) is 0 Å². The van der Waals surface area contributed by atoms with E-state index in [0.29, 0.717) is 21.4 Å². The van der Waals surface area contributed by atoms with Crippen LogP contribution in [0.5, 0.6) is 0 Å². The van der Waals surface area contributed by atoms with E-state index in [9.17, 15) is 9.59 Å². The molecular formula is C13H10BrClN2O3S. The molecule has 0 radical (unpaired) electrons. The number of anilines is 1. The quantitative estimate of drug-likeness (QED) is 0.812. The van der Waals surface area contributed by atoms with E-state index in [0.717, 1.165) is 4.47 Å². The minimum absolute atomic E-state index is 0.0764.